The van der Waals surface area contributed by atoms with E-state index in [0.717, 1.165) is 5.69 Å². The summed E-state index contributed by atoms with van der Waals surface area (Å²) < 4.78 is 7.15. The summed E-state index contributed by atoms with van der Waals surface area (Å²) in [5, 5.41) is 0. The highest BCUT2D eigenvalue weighted by Gasteiger charge is 2.16. The smallest absolute Gasteiger partial charge is 0.213 e. The molecule has 2 rings (SSSR count). The van der Waals surface area contributed by atoms with Crippen molar-refractivity contribution in [2.24, 2.45) is 0 Å². The molecular formula is C11H15N3O. The Balaban J connectivity index is 2.15. The van der Waals surface area contributed by atoms with Crippen LogP contribution in [-0.2, 0) is 12.0 Å². The van der Waals surface area contributed by atoms with Crippen LogP contribution in [0, 0.1) is 0 Å². The molecule has 0 aliphatic heterocycles. The summed E-state index contributed by atoms with van der Waals surface area (Å²) in [6, 6.07) is 0. The molecule has 2 aromatic heterocycles. The van der Waals surface area contributed by atoms with E-state index < -0.39 is 0 Å². The van der Waals surface area contributed by atoms with E-state index in [-0.39, 0.29) is 5.41 Å². The van der Waals surface area contributed by atoms with Crippen molar-refractivity contribution in [2.45, 2.75) is 32.7 Å². The van der Waals surface area contributed by atoms with Crippen LogP contribution in [0.2, 0.25) is 0 Å². The fourth-order valence-electron chi connectivity index (χ4n) is 1.32. The molecule has 0 unspecified atom stereocenters. The van der Waals surface area contributed by atoms with Crippen molar-refractivity contribution in [1.82, 2.24) is 14.5 Å². The van der Waals surface area contributed by atoms with Crippen molar-refractivity contribution in [3.63, 3.8) is 0 Å². The summed E-state index contributed by atoms with van der Waals surface area (Å²) in [7, 11) is 0. The first kappa shape index (κ1) is 9.96. The highest BCUT2D eigenvalue weighted by Crippen LogP contribution is 2.19. The average Bonchev–Trinajstić information content (AvgIpc) is 2.73. The first-order valence-electron chi connectivity index (χ1n) is 4.96. The van der Waals surface area contributed by atoms with E-state index in [2.05, 4.69) is 30.7 Å². The second-order valence-electron chi connectivity index (χ2n) is 4.61. The molecule has 0 bridgehead atoms. The molecule has 0 aromatic carbocycles. The third-order valence-corrected chi connectivity index (χ3v) is 2.20. The lowest BCUT2D eigenvalue weighted by Crippen LogP contribution is -2.11. The number of imidazole rings is 1. The monoisotopic (exact) mass is 205 g/mol. The number of rotatable bonds is 2. The Kier molecular flexibility index (Phi) is 2.34. The first-order chi connectivity index (χ1) is 7.05. The number of hydrogen-bond acceptors (Lipinski definition) is 3. The van der Waals surface area contributed by atoms with Crippen LogP contribution < -0.4 is 0 Å². The number of aromatic nitrogens is 3. The van der Waals surface area contributed by atoms with Gasteiger partial charge in [0.25, 0.3) is 0 Å². The number of hydrogen-bond donors (Lipinski definition) is 0. The zero-order valence-electron chi connectivity index (χ0n) is 9.27. The minimum absolute atomic E-state index is 0.0852. The molecule has 0 aliphatic rings. The van der Waals surface area contributed by atoms with E-state index in [9.17, 15) is 0 Å². The molecule has 0 fully saturated rings. The maximum absolute atomic E-state index is 5.17. The van der Waals surface area contributed by atoms with Gasteiger partial charge in [0.2, 0.25) is 5.89 Å². The standard InChI is InChI=1S/C11H15N3O/c1-11(2,3)9-6-14(8-13-9)7-10-12-4-5-15-10/h4-6,8H,7H2,1-3H3. The van der Waals surface area contributed by atoms with Gasteiger partial charge in [-0.1, -0.05) is 20.8 Å². The molecule has 80 valence electrons. The molecule has 0 atom stereocenters. The van der Waals surface area contributed by atoms with Crippen molar-refractivity contribution < 1.29 is 4.42 Å². The fraction of sp³-hybridized carbons (Fsp3) is 0.455. The Labute approximate surface area is 89.0 Å². The van der Waals surface area contributed by atoms with Gasteiger partial charge in [0.1, 0.15) is 12.8 Å². The van der Waals surface area contributed by atoms with Crippen LogP contribution in [0.5, 0.6) is 0 Å². The minimum atomic E-state index is 0.0852. The highest BCUT2D eigenvalue weighted by molar-refractivity contribution is 5.09. The predicted octanol–water partition coefficient (Wildman–Crippen LogP) is 2.22. The maximum Gasteiger partial charge on any atom is 0.213 e. The van der Waals surface area contributed by atoms with Crippen molar-refractivity contribution in [3.8, 4) is 0 Å². The summed E-state index contributed by atoms with van der Waals surface area (Å²) in [6.45, 7) is 7.07. The fourth-order valence-corrected chi connectivity index (χ4v) is 1.32. The molecule has 0 N–H and O–H groups in total. The van der Waals surface area contributed by atoms with Gasteiger partial charge in [0, 0.05) is 11.6 Å². The van der Waals surface area contributed by atoms with Crippen molar-refractivity contribution in [2.75, 3.05) is 0 Å². The van der Waals surface area contributed by atoms with Gasteiger partial charge in [-0.05, 0) is 0 Å². The van der Waals surface area contributed by atoms with Crippen molar-refractivity contribution >= 4 is 0 Å². The van der Waals surface area contributed by atoms with Gasteiger partial charge in [-0.15, -0.1) is 0 Å². The van der Waals surface area contributed by atoms with Crippen LogP contribution in [0.4, 0.5) is 0 Å². The molecule has 2 aromatic rings. The van der Waals surface area contributed by atoms with Crippen molar-refractivity contribution in [3.05, 3.63) is 36.6 Å². The lowest BCUT2D eigenvalue weighted by atomic mass is 9.93. The van der Waals surface area contributed by atoms with Gasteiger partial charge in [0.15, 0.2) is 0 Å². The van der Waals surface area contributed by atoms with E-state index in [1.165, 1.54) is 0 Å². The molecule has 0 radical (unpaired) electrons. The Morgan fingerprint density at radius 1 is 1.33 bits per heavy atom. The summed E-state index contributed by atoms with van der Waals surface area (Å²) in [5.41, 5.74) is 1.16. The Hall–Kier alpha value is -1.58. The van der Waals surface area contributed by atoms with Crippen LogP contribution in [0.3, 0.4) is 0 Å². The lowest BCUT2D eigenvalue weighted by molar-refractivity contribution is 0.477. The summed E-state index contributed by atoms with van der Waals surface area (Å²) >= 11 is 0. The predicted molar refractivity (Wildman–Crippen MR) is 56.5 cm³/mol. The lowest BCUT2D eigenvalue weighted by Gasteiger charge is -2.13. The first-order valence-corrected chi connectivity index (χ1v) is 4.96. The summed E-state index contributed by atoms with van der Waals surface area (Å²) in [4.78, 5) is 8.43. The number of nitrogens with zero attached hydrogens (tertiary/aromatic N) is 3. The van der Waals surface area contributed by atoms with E-state index in [0.29, 0.717) is 12.4 Å². The zero-order chi connectivity index (χ0) is 10.9. The Morgan fingerprint density at radius 2 is 2.13 bits per heavy atom. The topological polar surface area (TPSA) is 43.9 Å². The molecule has 0 spiro atoms. The van der Waals surface area contributed by atoms with E-state index in [1.807, 2.05) is 17.1 Å². The molecule has 0 amide bonds. The maximum atomic E-state index is 5.17. The van der Waals surface area contributed by atoms with Crippen LogP contribution in [0.1, 0.15) is 32.4 Å². The van der Waals surface area contributed by atoms with Crippen LogP contribution in [-0.4, -0.2) is 14.5 Å². The summed E-state index contributed by atoms with van der Waals surface area (Å²) in [5.74, 6) is 0.702. The van der Waals surface area contributed by atoms with Crippen LogP contribution in [0.15, 0.2) is 29.4 Å². The quantitative estimate of drug-likeness (QED) is 0.755. The van der Waals surface area contributed by atoms with Gasteiger partial charge in [-0.3, -0.25) is 0 Å². The average molecular weight is 205 g/mol. The Morgan fingerprint density at radius 3 is 2.67 bits per heavy atom. The molecule has 2 heterocycles. The van der Waals surface area contributed by atoms with Gasteiger partial charge in [0.05, 0.1) is 18.2 Å². The van der Waals surface area contributed by atoms with Crippen LogP contribution in [0.25, 0.3) is 0 Å². The third kappa shape index (κ3) is 2.26. The summed E-state index contributed by atoms with van der Waals surface area (Å²) in [6.07, 6.45) is 7.07. The second kappa shape index (κ2) is 3.53. The Bertz CT molecular complexity index is 423. The van der Waals surface area contributed by atoms with E-state index in [4.69, 9.17) is 4.42 Å². The van der Waals surface area contributed by atoms with E-state index >= 15 is 0 Å². The highest BCUT2D eigenvalue weighted by atomic mass is 16.3. The largest absolute Gasteiger partial charge is 0.447 e. The van der Waals surface area contributed by atoms with Gasteiger partial charge >= 0.3 is 0 Å². The van der Waals surface area contributed by atoms with Crippen molar-refractivity contribution in [1.29, 1.82) is 0 Å². The van der Waals surface area contributed by atoms with E-state index in [1.54, 1.807) is 12.5 Å². The number of oxazole rings is 1. The minimum Gasteiger partial charge on any atom is -0.447 e. The normalized spacial score (nSPS) is 11.9. The third-order valence-electron chi connectivity index (χ3n) is 2.20. The second-order valence-corrected chi connectivity index (χ2v) is 4.61. The van der Waals surface area contributed by atoms with Gasteiger partial charge < -0.3 is 8.98 Å². The molecule has 15 heavy (non-hydrogen) atoms. The molecule has 0 aliphatic carbocycles. The molecule has 0 saturated heterocycles. The van der Waals surface area contributed by atoms with Gasteiger partial charge in [-0.2, -0.15) is 0 Å². The molecular weight excluding hydrogens is 190 g/mol. The molecule has 0 saturated carbocycles. The van der Waals surface area contributed by atoms with Gasteiger partial charge in [-0.25, -0.2) is 9.97 Å². The molecule has 4 heteroatoms. The zero-order valence-corrected chi connectivity index (χ0v) is 9.27. The SMILES string of the molecule is CC(C)(C)c1cn(Cc2ncco2)cn1. The van der Waals surface area contributed by atoms with Crippen LogP contribution >= 0.6 is 0 Å². The molecule has 4 nitrogen and oxygen atoms in total.